The summed E-state index contributed by atoms with van der Waals surface area (Å²) in [6.45, 7) is 13.7. The number of nitrogens with zero attached hydrogens (tertiary/aromatic N) is 1. The van der Waals surface area contributed by atoms with Gasteiger partial charge >= 0.3 is 14.5 Å². The van der Waals surface area contributed by atoms with Gasteiger partial charge in [-0.1, -0.05) is 52.6 Å². The van der Waals surface area contributed by atoms with Crippen LogP contribution in [-0.2, 0) is 3.79 Å². The van der Waals surface area contributed by atoms with E-state index in [9.17, 15) is 0 Å². The third-order valence-corrected chi connectivity index (χ3v) is 3.43. The molecule has 0 aromatic heterocycles. The summed E-state index contributed by atoms with van der Waals surface area (Å²) in [5, 5.41) is 0. The van der Waals surface area contributed by atoms with Crippen LogP contribution in [0.4, 0.5) is 0 Å². The minimum absolute atomic E-state index is 0.358. The quantitative estimate of drug-likeness (QED) is 0.457. The van der Waals surface area contributed by atoms with Gasteiger partial charge in [0.15, 0.2) is 0 Å². The number of hydrogen-bond donors (Lipinski definition) is 0. The Kier molecular flexibility index (Phi) is 9.64. The Morgan fingerprint density at radius 1 is 1.00 bits per heavy atom. The zero-order valence-corrected chi connectivity index (χ0v) is 14.1. The Balaban J connectivity index is 4.53. The fourth-order valence-corrected chi connectivity index (χ4v) is 3.08. The molecule has 0 radical (unpaired) electrons. The average molecular weight is 257 g/mol. The molecule has 0 bridgehead atoms. The molecule has 0 saturated heterocycles. The third kappa shape index (κ3) is 9.08. The topological polar surface area (TPSA) is 12.5 Å². The first-order chi connectivity index (χ1) is 7.86. The Bertz CT molecular complexity index is 173. The summed E-state index contributed by atoms with van der Waals surface area (Å²) in [6, 6.07) is 0. The van der Waals surface area contributed by atoms with Gasteiger partial charge in [-0.25, -0.2) is 0 Å². The normalized spacial score (nSPS) is 13.8. The average Bonchev–Trinajstić information content (AvgIpc) is 2.13. The van der Waals surface area contributed by atoms with Crippen LogP contribution in [-0.4, -0.2) is 38.7 Å². The summed E-state index contributed by atoms with van der Waals surface area (Å²) in [6.07, 6.45) is 2.74. The predicted molar refractivity (Wildman–Crippen MR) is 78.5 cm³/mol. The van der Waals surface area contributed by atoms with Gasteiger partial charge in [0.05, 0.1) is 6.23 Å². The molecule has 0 aliphatic heterocycles. The van der Waals surface area contributed by atoms with E-state index in [0.717, 1.165) is 13.1 Å². The first-order valence-electron chi connectivity index (χ1n) is 7.26. The highest BCUT2D eigenvalue weighted by Gasteiger charge is 2.22. The minimum Gasteiger partial charge on any atom is -0.487 e. The van der Waals surface area contributed by atoms with Crippen LogP contribution in [0.15, 0.2) is 0 Å². The second-order valence-corrected chi connectivity index (χ2v) is 8.54. The van der Waals surface area contributed by atoms with E-state index in [1.54, 1.807) is 0 Å². The molecule has 1 unspecified atom stereocenters. The van der Waals surface area contributed by atoms with Crippen molar-refractivity contribution in [1.82, 2.24) is 4.90 Å². The minimum atomic E-state index is -0.948. The smallest absolute Gasteiger partial charge is 0.455 e. The fraction of sp³-hybridized carbons (Fsp3) is 1.00. The first kappa shape index (κ1) is 17.5. The van der Waals surface area contributed by atoms with Crippen LogP contribution in [0.2, 0.25) is 11.6 Å². The van der Waals surface area contributed by atoms with Gasteiger partial charge < -0.3 is 3.79 Å². The fourth-order valence-electron chi connectivity index (χ4n) is 2.15. The first-order valence-corrected chi connectivity index (χ1v) is 10.0. The highest BCUT2D eigenvalue weighted by atomic mass is 27.2. The number of hydrogen-bond acceptors (Lipinski definition) is 2. The molecular weight excluding hydrogens is 225 g/mol. The second-order valence-electron chi connectivity index (χ2n) is 6.17. The maximum absolute atomic E-state index is 6.22. The molecule has 0 heterocycles. The maximum atomic E-state index is 6.22. The van der Waals surface area contributed by atoms with Crippen molar-refractivity contribution in [3.63, 3.8) is 0 Å². The van der Waals surface area contributed by atoms with Gasteiger partial charge in [-0.3, -0.25) is 4.90 Å². The van der Waals surface area contributed by atoms with E-state index in [-0.39, 0.29) is 0 Å². The van der Waals surface area contributed by atoms with Gasteiger partial charge in [-0.15, -0.1) is 0 Å². The molecule has 0 spiro atoms. The van der Waals surface area contributed by atoms with Crippen molar-refractivity contribution >= 4 is 14.5 Å². The summed E-state index contributed by atoms with van der Waals surface area (Å²) in [4.78, 5) is 2.56. The molecule has 102 valence electrons. The molecule has 0 rings (SSSR count). The Labute approximate surface area is 113 Å². The van der Waals surface area contributed by atoms with Gasteiger partial charge in [-0.05, 0) is 18.3 Å². The summed E-state index contributed by atoms with van der Waals surface area (Å²) in [5.74, 6) is 5.97. The molecule has 0 N–H and O–H groups in total. The van der Waals surface area contributed by atoms with E-state index in [0.29, 0.717) is 18.1 Å². The lowest BCUT2D eigenvalue weighted by Crippen LogP contribution is -2.43. The van der Waals surface area contributed by atoms with Crippen LogP contribution < -0.4 is 0 Å². The summed E-state index contributed by atoms with van der Waals surface area (Å²) in [7, 11) is 0. The predicted octanol–water partition coefficient (Wildman–Crippen LogP) is 3.99. The lowest BCUT2D eigenvalue weighted by molar-refractivity contribution is 0.00184. The molecule has 1 atom stereocenters. The largest absolute Gasteiger partial charge is 0.487 e. The second kappa shape index (κ2) is 9.39. The summed E-state index contributed by atoms with van der Waals surface area (Å²) < 4.78 is 6.22. The SMILES string of the molecule is CCCC([O][Al]([CH3])[CH3])N(CC(C)C)CC(C)C. The molecule has 3 heteroatoms. The third-order valence-electron chi connectivity index (χ3n) is 2.57. The van der Waals surface area contributed by atoms with Crippen LogP contribution in [0.3, 0.4) is 0 Å². The van der Waals surface area contributed by atoms with Gasteiger partial charge in [0.25, 0.3) is 0 Å². The zero-order valence-electron chi connectivity index (χ0n) is 13.0. The van der Waals surface area contributed by atoms with Gasteiger partial charge in [0.1, 0.15) is 0 Å². The van der Waals surface area contributed by atoms with E-state index in [1.165, 1.54) is 12.8 Å². The highest BCUT2D eigenvalue weighted by Crippen LogP contribution is 2.15. The standard InChI is InChI=1S/C12H26NO.2CH3.Al/c1-6-7-12(14)13(8-10(2)3)9-11(4)5;;;/h10-12H,6-9H2,1-5H3;2*1H3;/q-1;;;+1. The molecular formula is C14H32AlNO. The van der Waals surface area contributed by atoms with E-state index in [1.807, 2.05) is 0 Å². The highest BCUT2D eigenvalue weighted by molar-refractivity contribution is 6.48. The van der Waals surface area contributed by atoms with Crippen LogP contribution in [0, 0.1) is 11.8 Å². The monoisotopic (exact) mass is 257 g/mol. The maximum Gasteiger partial charge on any atom is 0.455 e. The van der Waals surface area contributed by atoms with Crippen LogP contribution in [0.1, 0.15) is 47.5 Å². The van der Waals surface area contributed by atoms with Crippen LogP contribution in [0.25, 0.3) is 0 Å². The molecule has 0 fully saturated rings. The zero-order chi connectivity index (χ0) is 13.4. The van der Waals surface area contributed by atoms with Crippen LogP contribution >= 0.6 is 0 Å². The van der Waals surface area contributed by atoms with Crippen LogP contribution in [0.5, 0.6) is 0 Å². The van der Waals surface area contributed by atoms with E-state index < -0.39 is 14.5 Å². The van der Waals surface area contributed by atoms with Crippen molar-refractivity contribution < 1.29 is 3.79 Å². The molecule has 0 aliphatic carbocycles. The summed E-state index contributed by atoms with van der Waals surface area (Å²) >= 11 is -0.948. The molecule has 0 amide bonds. The lowest BCUT2D eigenvalue weighted by atomic mass is 10.1. The molecule has 0 aliphatic rings. The summed E-state index contributed by atoms with van der Waals surface area (Å²) in [5.41, 5.74) is 0. The van der Waals surface area contributed by atoms with Crippen molar-refractivity contribution in [1.29, 1.82) is 0 Å². The number of rotatable bonds is 9. The van der Waals surface area contributed by atoms with Crippen molar-refractivity contribution in [3.8, 4) is 0 Å². The van der Waals surface area contributed by atoms with Crippen molar-refractivity contribution in [2.24, 2.45) is 11.8 Å². The van der Waals surface area contributed by atoms with Gasteiger partial charge in [0, 0.05) is 13.1 Å². The van der Waals surface area contributed by atoms with Gasteiger partial charge in [-0.2, -0.15) is 0 Å². The van der Waals surface area contributed by atoms with E-state index in [2.05, 4.69) is 51.1 Å². The molecule has 2 nitrogen and oxygen atoms in total. The van der Waals surface area contributed by atoms with E-state index >= 15 is 0 Å². The molecule has 17 heavy (non-hydrogen) atoms. The Morgan fingerprint density at radius 2 is 1.47 bits per heavy atom. The van der Waals surface area contributed by atoms with Crippen molar-refractivity contribution in [2.45, 2.75) is 65.3 Å². The molecule has 0 aromatic rings. The van der Waals surface area contributed by atoms with Crippen molar-refractivity contribution in [2.75, 3.05) is 13.1 Å². The van der Waals surface area contributed by atoms with E-state index in [4.69, 9.17) is 3.79 Å². The Hall–Kier alpha value is 0.452. The Morgan fingerprint density at radius 3 is 1.76 bits per heavy atom. The molecule has 0 saturated carbocycles. The lowest BCUT2D eigenvalue weighted by Gasteiger charge is -2.35. The molecule has 0 aromatic carbocycles. The van der Waals surface area contributed by atoms with Gasteiger partial charge in [0.2, 0.25) is 0 Å². The van der Waals surface area contributed by atoms with Crippen molar-refractivity contribution in [3.05, 3.63) is 0 Å².